The molecule has 6 aromatic carbocycles. The molecular weight excluding hydrogens is 989 g/mol. The summed E-state index contributed by atoms with van der Waals surface area (Å²) in [5, 5.41) is 3.47. The summed E-state index contributed by atoms with van der Waals surface area (Å²) in [6.07, 6.45) is 3.06. The molecule has 0 unspecified atom stereocenters. The average molecular weight is 1040 g/mol. The van der Waals surface area contributed by atoms with E-state index in [9.17, 15) is 0 Å². The largest absolute Gasteiger partial charge is 0.486 e. The number of pyridine rings is 2. The number of para-hydroxylation sites is 2. The van der Waals surface area contributed by atoms with Crippen molar-refractivity contribution < 1.29 is 24.5 Å². The summed E-state index contributed by atoms with van der Waals surface area (Å²) in [4.78, 5) is 14.6. The zero-order valence-corrected chi connectivity index (χ0v) is 41.8. The van der Waals surface area contributed by atoms with Crippen LogP contribution in [0.2, 0.25) is 19.6 Å². The van der Waals surface area contributed by atoms with Gasteiger partial charge in [-0.05, 0) is 100 Å². The van der Waals surface area contributed by atoms with Gasteiger partial charge < -0.3 is 14.0 Å². The SMILES string of the molecule is C[Si](C)(C)c1cnc(-c2[c-]cccc2)cc1Cc1ccccc1.Cc1ccc2c(n1)oc1c(-c3nc4ccccc4n3-c3c(C(C)C)cc(-c4ccccc4)cc3C(C)C)[c-]ccc12.[Ir]. The predicted octanol–water partition coefficient (Wildman–Crippen LogP) is 14.7. The van der Waals surface area contributed by atoms with Crippen molar-refractivity contribution in [2.24, 2.45) is 0 Å². The molecule has 327 valence electrons. The van der Waals surface area contributed by atoms with Gasteiger partial charge in [0.25, 0.3) is 0 Å². The van der Waals surface area contributed by atoms with Crippen LogP contribution in [0.4, 0.5) is 0 Å². The number of benzene rings is 6. The number of imidazole rings is 1. The number of hydrogen-bond donors (Lipinski definition) is 0. The van der Waals surface area contributed by atoms with E-state index < -0.39 is 8.07 Å². The summed E-state index contributed by atoms with van der Waals surface area (Å²) in [5.74, 6) is 1.40. The standard InChI is InChI=1S/C37H32N3O.C21H22NSi.Ir/c1-22(2)30-20-26(25-12-7-6-8-13-25)21-31(23(3)4)34(30)40-33-17-10-9-16-32(33)39-36(40)29-15-11-14-27-28-19-18-24(5)38-37(28)41-35(27)29;1-23(2,3)21-16-22-20(18-12-8-5-9-13-18)15-19(21)14-17-10-6-4-7-11-17;/h6-14,16-23H,1-5H3;4-12,15-16H,14H2,1-3H3;/q2*-1;. The van der Waals surface area contributed by atoms with Crippen LogP contribution in [0, 0.1) is 19.1 Å². The van der Waals surface area contributed by atoms with Crippen LogP contribution in [0.5, 0.6) is 0 Å². The van der Waals surface area contributed by atoms with Crippen LogP contribution in [0.3, 0.4) is 0 Å². The fourth-order valence-electron chi connectivity index (χ4n) is 8.75. The average Bonchev–Trinajstić information content (AvgIpc) is 3.87. The van der Waals surface area contributed by atoms with E-state index >= 15 is 0 Å². The smallest absolute Gasteiger partial charge is 0.216 e. The molecule has 0 saturated carbocycles. The van der Waals surface area contributed by atoms with E-state index in [0.717, 1.165) is 62.1 Å². The maximum absolute atomic E-state index is 6.44. The number of aryl methyl sites for hydroxylation is 1. The Kier molecular flexibility index (Phi) is 13.3. The first-order valence-electron chi connectivity index (χ1n) is 22.4. The normalized spacial score (nSPS) is 11.6. The summed E-state index contributed by atoms with van der Waals surface area (Å²) in [6.45, 7) is 18.2. The number of hydrogen-bond acceptors (Lipinski definition) is 4. The van der Waals surface area contributed by atoms with Crippen molar-refractivity contribution >= 4 is 46.4 Å². The topological polar surface area (TPSA) is 56.7 Å². The van der Waals surface area contributed by atoms with E-state index in [1.54, 1.807) is 0 Å². The molecule has 0 aliphatic rings. The van der Waals surface area contributed by atoms with Gasteiger partial charge >= 0.3 is 0 Å². The van der Waals surface area contributed by atoms with Crippen molar-refractivity contribution in [2.45, 2.75) is 72.5 Å². The number of furan rings is 1. The molecule has 0 atom stereocenters. The van der Waals surface area contributed by atoms with Crippen LogP contribution in [-0.2, 0) is 26.5 Å². The van der Waals surface area contributed by atoms with Gasteiger partial charge in [0.2, 0.25) is 5.71 Å². The molecule has 0 fully saturated rings. The second-order valence-corrected chi connectivity index (χ2v) is 23.4. The minimum absolute atomic E-state index is 0. The fraction of sp³-hybridized carbons (Fsp3) is 0.190. The maximum atomic E-state index is 6.44. The molecule has 65 heavy (non-hydrogen) atoms. The molecule has 0 aliphatic carbocycles. The number of fused-ring (bicyclic) bond motifs is 4. The maximum Gasteiger partial charge on any atom is 0.216 e. The van der Waals surface area contributed by atoms with Crippen LogP contribution in [0.1, 0.15) is 67.5 Å². The summed E-state index contributed by atoms with van der Waals surface area (Å²) >= 11 is 0. The van der Waals surface area contributed by atoms with Crippen molar-refractivity contribution in [3.8, 4) is 39.5 Å². The van der Waals surface area contributed by atoms with Gasteiger partial charge in [0.1, 0.15) is 0 Å². The molecule has 1 radical (unpaired) electrons. The first kappa shape index (κ1) is 45.3. The Labute approximate surface area is 398 Å². The van der Waals surface area contributed by atoms with Crippen LogP contribution >= 0.6 is 0 Å². The molecule has 0 spiro atoms. The molecule has 0 bridgehead atoms. The Hall–Kier alpha value is -6.24. The minimum Gasteiger partial charge on any atom is -0.486 e. The van der Waals surface area contributed by atoms with Gasteiger partial charge in [-0.1, -0.05) is 143 Å². The number of nitrogens with zero attached hydrogens (tertiary/aromatic N) is 4. The van der Waals surface area contributed by atoms with Crippen molar-refractivity contribution in [2.75, 3.05) is 0 Å². The Morgan fingerprint density at radius 1 is 0.662 bits per heavy atom. The third-order valence-corrected chi connectivity index (χ3v) is 14.1. The molecule has 4 aromatic heterocycles. The van der Waals surface area contributed by atoms with Crippen molar-refractivity contribution in [3.05, 3.63) is 198 Å². The minimum atomic E-state index is -1.43. The fourth-order valence-corrected chi connectivity index (χ4v) is 10.3. The molecule has 0 saturated heterocycles. The Balaban J connectivity index is 0.000000204. The van der Waals surface area contributed by atoms with Crippen molar-refractivity contribution in [1.29, 1.82) is 0 Å². The molecule has 5 nitrogen and oxygen atoms in total. The van der Waals surface area contributed by atoms with E-state index in [-0.39, 0.29) is 20.1 Å². The molecule has 0 amide bonds. The van der Waals surface area contributed by atoms with Gasteiger partial charge in [0.05, 0.1) is 30.5 Å². The van der Waals surface area contributed by atoms with Crippen LogP contribution in [-0.4, -0.2) is 27.6 Å². The Morgan fingerprint density at radius 3 is 2.02 bits per heavy atom. The van der Waals surface area contributed by atoms with Crippen LogP contribution < -0.4 is 5.19 Å². The predicted molar refractivity (Wildman–Crippen MR) is 270 cm³/mol. The van der Waals surface area contributed by atoms with Gasteiger partial charge in [-0.15, -0.1) is 54.1 Å². The Morgan fingerprint density at radius 2 is 1.34 bits per heavy atom. The monoisotopic (exact) mass is 1040 g/mol. The number of aromatic nitrogens is 4. The van der Waals surface area contributed by atoms with Gasteiger partial charge in [0, 0.05) is 43.1 Å². The second-order valence-electron chi connectivity index (χ2n) is 18.4. The Bertz CT molecular complexity index is 3210. The molecule has 10 rings (SSSR count). The van der Waals surface area contributed by atoms with E-state index in [4.69, 9.17) is 14.4 Å². The van der Waals surface area contributed by atoms with E-state index in [2.05, 4.69) is 190 Å². The van der Waals surface area contributed by atoms with E-state index in [0.29, 0.717) is 17.5 Å². The second kappa shape index (κ2) is 19.1. The van der Waals surface area contributed by atoms with Gasteiger partial charge in [0.15, 0.2) is 0 Å². The summed E-state index contributed by atoms with van der Waals surface area (Å²) in [6, 6.07) is 59.7. The van der Waals surface area contributed by atoms with Gasteiger partial charge in [-0.2, -0.15) is 0 Å². The molecule has 0 aliphatic heterocycles. The zero-order chi connectivity index (χ0) is 44.5. The quantitative estimate of drug-likeness (QED) is 0.107. The summed E-state index contributed by atoms with van der Waals surface area (Å²) < 4.78 is 8.78. The van der Waals surface area contributed by atoms with E-state index in [1.165, 1.54) is 44.3 Å². The van der Waals surface area contributed by atoms with Crippen molar-refractivity contribution in [1.82, 2.24) is 19.5 Å². The molecule has 4 heterocycles. The van der Waals surface area contributed by atoms with Crippen molar-refractivity contribution in [3.63, 3.8) is 0 Å². The molecule has 7 heteroatoms. The third-order valence-electron chi connectivity index (χ3n) is 12.0. The summed E-state index contributed by atoms with van der Waals surface area (Å²) in [5.41, 5.74) is 16.2. The summed E-state index contributed by atoms with van der Waals surface area (Å²) in [7, 11) is -1.43. The first-order valence-corrected chi connectivity index (χ1v) is 25.9. The molecule has 0 N–H and O–H groups in total. The van der Waals surface area contributed by atoms with Gasteiger partial charge in [-0.3, -0.25) is 4.98 Å². The third kappa shape index (κ3) is 9.33. The molecule has 10 aromatic rings. The first-order chi connectivity index (χ1) is 30.9. The zero-order valence-electron chi connectivity index (χ0n) is 38.4. The molecular formula is C58H54IrN4OSi-2. The van der Waals surface area contributed by atoms with Crippen LogP contribution in [0.25, 0.3) is 72.6 Å². The number of rotatable bonds is 9. The van der Waals surface area contributed by atoms with Crippen LogP contribution in [0.15, 0.2) is 162 Å². The van der Waals surface area contributed by atoms with Gasteiger partial charge in [-0.25, -0.2) is 4.98 Å². The van der Waals surface area contributed by atoms with E-state index in [1.807, 2.05) is 43.3 Å².